The fourth-order valence-electron chi connectivity index (χ4n) is 4.72. The number of piperidine rings is 1. The summed E-state index contributed by atoms with van der Waals surface area (Å²) in [6.45, 7) is 1.38. The summed E-state index contributed by atoms with van der Waals surface area (Å²) in [5.74, 6) is 0.155. The molecule has 4 aromatic carbocycles. The second-order valence-corrected chi connectivity index (χ2v) is 8.22. The van der Waals surface area contributed by atoms with Gasteiger partial charge in [0, 0.05) is 12.5 Å². The number of hydrogen-bond acceptors (Lipinski definition) is 2. The number of amides is 1. The minimum absolute atomic E-state index is 0.155. The van der Waals surface area contributed by atoms with Crippen molar-refractivity contribution in [1.82, 2.24) is 4.90 Å². The van der Waals surface area contributed by atoms with Crippen LogP contribution in [0.5, 0.6) is 0 Å². The quantitative estimate of drug-likeness (QED) is 0.445. The normalized spacial score (nSPS) is 19.0. The molecule has 4 aromatic rings. The minimum Gasteiger partial charge on any atom is -0.465 e. The number of ether oxygens (including phenoxy) is 1. The molecule has 4 heteroatoms. The molecule has 0 radical (unpaired) electrons. The van der Waals surface area contributed by atoms with Crippen LogP contribution < -0.4 is 0 Å². The second-order valence-electron chi connectivity index (χ2n) is 8.22. The first-order valence-electron chi connectivity index (χ1n) is 10.7. The molecular formula is C27H25NO3. The molecule has 1 heterocycles. The topological polar surface area (TPSA) is 49.8 Å². The Morgan fingerprint density at radius 2 is 1.65 bits per heavy atom. The number of rotatable bonds is 4. The highest BCUT2D eigenvalue weighted by molar-refractivity contribution is 5.86. The van der Waals surface area contributed by atoms with Crippen LogP contribution in [0.4, 0.5) is 4.79 Å². The van der Waals surface area contributed by atoms with Crippen molar-refractivity contribution in [3.05, 3.63) is 96.1 Å². The van der Waals surface area contributed by atoms with Gasteiger partial charge in [0.25, 0.3) is 0 Å². The highest BCUT2D eigenvalue weighted by Crippen LogP contribution is 2.35. The van der Waals surface area contributed by atoms with Crippen molar-refractivity contribution >= 4 is 27.6 Å². The van der Waals surface area contributed by atoms with Crippen molar-refractivity contribution in [2.45, 2.75) is 25.0 Å². The van der Waals surface area contributed by atoms with E-state index in [1.807, 2.05) is 18.2 Å². The Labute approximate surface area is 181 Å². The predicted octanol–water partition coefficient (Wildman–Crippen LogP) is 6.05. The highest BCUT2D eigenvalue weighted by Gasteiger charge is 2.34. The van der Waals surface area contributed by atoms with E-state index in [1.165, 1.54) is 32.0 Å². The third-order valence-corrected chi connectivity index (χ3v) is 6.33. The maximum absolute atomic E-state index is 11.6. The van der Waals surface area contributed by atoms with Gasteiger partial charge in [-0.05, 0) is 45.2 Å². The zero-order valence-electron chi connectivity index (χ0n) is 17.3. The molecule has 1 aliphatic rings. The summed E-state index contributed by atoms with van der Waals surface area (Å²) in [4.78, 5) is 13.1. The van der Waals surface area contributed by atoms with E-state index in [-0.39, 0.29) is 12.0 Å². The van der Waals surface area contributed by atoms with E-state index in [0.29, 0.717) is 19.7 Å². The molecule has 5 rings (SSSR count). The summed E-state index contributed by atoms with van der Waals surface area (Å²) in [5.41, 5.74) is 2.34. The maximum atomic E-state index is 11.6. The summed E-state index contributed by atoms with van der Waals surface area (Å²) >= 11 is 0. The number of likely N-dealkylation sites (tertiary alicyclic amines) is 1. The Morgan fingerprint density at radius 3 is 2.48 bits per heavy atom. The number of fused-ring (bicyclic) bond motifs is 2. The van der Waals surface area contributed by atoms with Crippen molar-refractivity contribution in [2.75, 3.05) is 13.1 Å². The first-order valence-corrected chi connectivity index (χ1v) is 10.7. The fourth-order valence-corrected chi connectivity index (χ4v) is 4.72. The van der Waals surface area contributed by atoms with Crippen LogP contribution in [0.1, 0.15) is 23.5 Å². The molecule has 0 aromatic heterocycles. The van der Waals surface area contributed by atoms with Gasteiger partial charge >= 0.3 is 6.09 Å². The van der Waals surface area contributed by atoms with E-state index in [1.54, 1.807) is 0 Å². The molecule has 0 bridgehead atoms. The predicted molar refractivity (Wildman–Crippen MR) is 123 cm³/mol. The lowest BCUT2D eigenvalue weighted by Gasteiger charge is -2.37. The van der Waals surface area contributed by atoms with Crippen LogP contribution in [-0.4, -0.2) is 35.3 Å². The van der Waals surface area contributed by atoms with E-state index < -0.39 is 6.09 Å². The smallest absolute Gasteiger partial charge is 0.407 e. The summed E-state index contributed by atoms with van der Waals surface area (Å²) in [6.07, 6.45) is -0.319. The maximum Gasteiger partial charge on any atom is 0.407 e. The van der Waals surface area contributed by atoms with Gasteiger partial charge in [-0.3, -0.25) is 0 Å². The first kappa shape index (κ1) is 19.6. The van der Waals surface area contributed by atoms with Gasteiger partial charge in [-0.15, -0.1) is 0 Å². The largest absolute Gasteiger partial charge is 0.465 e. The molecule has 1 saturated heterocycles. The third kappa shape index (κ3) is 3.99. The Balaban J connectivity index is 1.43. The molecular weight excluding hydrogens is 386 g/mol. The third-order valence-electron chi connectivity index (χ3n) is 6.33. The van der Waals surface area contributed by atoms with Crippen LogP contribution in [0, 0.1) is 0 Å². The Hall–Kier alpha value is -3.37. The average molecular weight is 412 g/mol. The standard InChI is InChI=1S/C27H25NO3/c29-27(30)28-15-14-25(24-11-5-9-21-7-3-4-10-23(21)24)26(17-28)31-18-19-12-13-20-6-1-2-8-22(20)16-19/h1-13,16,25-26H,14-15,17-18H2,(H,29,30). The van der Waals surface area contributed by atoms with Crippen molar-refractivity contribution in [2.24, 2.45) is 0 Å². The molecule has 0 spiro atoms. The van der Waals surface area contributed by atoms with Crippen molar-refractivity contribution < 1.29 is 14.6 Å². The first-order chi connectivity index (χ1) is 15.2. The molecule has 1 fully saturated rings. The van der Waals surface area contributed by atoms with Crippen LogP contribution in [0.3, 0.4) is 0 Å². The number of benzene rings is 4. The monoisotopic (exact) mass is 411 g/mol. The highest BCUT2D eigenvalue weighted by atomic mass is 16.5. The zero-order chi connectivity index (χ0) is 21.2. The molecule has 4 nitrogen and oxygen atoms in total. The SMILES string of the molecule is O=C(O)N1CCC(c2cccc3ccccc23)C(OCc2ccc3ccccc3c2)C1. The second kappa shape index (κ2) is 8.40. The fraction of sp³-hybridized carbons (Fsp3) is 0.222. The van der Waals surface area contributed by atoms with Crippen LogP contribution in [0.2, 0.25) is 0 Å². The molecule has 156 valence electrons. The summed E-state index contributed by atoms with van der Waals surface area (Å²) in [6, 6.07) is 29.4. The Morgan fingerprint density at radius 1 is 0.903 bits per heavy atom. The lowest BCUT2D eigenvalue weighted by Crippen LogP contribution is -2.46. The van der Waals surface area contributed by atoms with Crippen molar-refractivity contribution in [1.29, 1.82) is 0 Å². The minimum atomic E-state index is -0.879. The van der Waals surface area contributed by atoms with E-state index in [2.05, 4.69) is 66.7 Å². The van der Waals surface area contributed by atoms with Gasteiger partial charge < -0.3 is 14.7 Å². The molecule has 1 N–H and O–H groups in total. The van der Waals surface area contributed by atoms with E-state index in [9.17, 15) is 9.90 Å². The average Bonchev–Trinajstić information content (AvgIpc) is 2.82. The summed E-state index contributed by atoms with van der Waals surface area (Å²) in [7, 11) is 0. The molecule has 1 aliphatic heterocycles. The van der Waals surface area contributed by atoms with Gasteiger partial charge in [-0.1, -0.05) is 78.9 Å². The van der Waals surface area contributed by atoms with Gasteiger partial charge in [0.05, 0.1) is 19.3 Å². The molecule has 2 unspecified atom stereocenters. The van der Waals surface area contributed by atoms with E-state index >= 15 is 0 Å². The molecule has 0 aliphatic carbocycles. The van der Waals surface area contributed by atoms with Crippen molar-refractivity contribution in [3.8, 4) is 0 Å². The van der Waals surface area contributed by atoms with Gasteiger partial charge in [0.15, 0.2) is 0 Å². The number of nitrogens with zero attached hydrogens (tertiary/aromatic N) is 1. The van der Waals surface area contributed by atoms with Crippen LogP contribution in [-0.2, 0) is 11.3 Å². The van der Waals surface area contributed by atoms with Gasteiger partial charge in [-0.2, -0.15) is 0 Å². The summed E-state index contributed by atoms with van der Waals surface area (Å²) < 4.78 is 6.41. The number of carboxylic acid groups (broad SMARTS) is 1. The molecule has 31 heavy (non-hydrogen) atoms. The van der Waals surface area contributed by atoms with Gasteiger partial charge in [-0.25, -0.2) is 4.79 Å². The Bertz CT molecular complexity index is 1230. The summed E-state index contributed by atoms with van der Waals surface area (Å²) in [5, 5.41) is 14.4. The van der Waals surface area contributed by atoms with Gasteiger partial charge in [0.1, 0.15) is 0 Å². The van der Waals surface area contributed by atoms with Crippen LogP contribution in [0.15, 0.2) is 84.9 Å². The van der Waals surface area contributed by atoms with E-state index in [0.717, 1.165) is 12.0 Å². The van der Waals surface area contributed by atoms with Crippen LogP contribution in [0.25, 0.3) is 21.5 Å². The molecule has 2 atom stereocenters. The lowest BCUT2D eigenvalue weighted by molar-refractivity contribution is -0.0196. The molecule has 1 amide bonds. The molecule has 0 saturated carbocycles. The Kier molecular flexibility index (Phi) is 5.31. The zero-order valence-corrected chi connectivity index (χ0v) is 17.3. The van der Waals surface area contributed by atoms with E-state index in [4.69, 9.17) is 4.74 Å². The van der Waals surface area contributed by atoms with Gasteiger partial charge in [0.2, 0.25) is 0 Å². The number of hydrogen-bond donors (Lipinski definition) is 1. The lowest BCUT2D eigenvalue weighted by atomic mass is 9.84. The van der Waals surface area contributed by atoms with Crippen molar-refractivity contribution in [3.63, 3.8) is 0 Å². The number of carbonyl (C=O) groups is 1. The van der Waals surface area contributed by atoms with Crippen LogP contribution >= 0.6 is 0 Å².